The first-order valence-corrected chi connectivity index (χ1v) is 7.31. The van der Waals surface area contributed by atoms with E-state index in [9.17, 15) is 5.11 Å². The molecule has 0 spiro atoms. The maximum Gasteiger partial charge on any atom is 0.163 e. The van der Waals surface area contributed by atoms with E-state index in [-0.39, 0.29) is 6.10 Å². The van der Waals surface area contributed by atoms with E-state index in [4.69, 9.17) is 9.47 Å². The smallest absolute Gasteiger partial charge is 0.163 e. The fourth-order valence-corrected chi connectivity index (χ4v) is 2.54. The summed E-state index contributed by atoms with van der Waals surface area (Å²) >= 11 is 0. The van der Waals surface area contributed by atoms with E-state index in [0.717, 1.165) is 17.1 Å². The summed E-state index contributed by atoms with van der Waals surface area (Å²) in [6.45, 7) is 4.64. The van der Waals surface area contributed by atoms with Crippen molar-refractivity contribution in [3.8, 4) is 11.5 Å². The second kappa shape index (κ2) is 5.78. The predicted molar refractivity (Wildman–Crippen MR) is 81.8 cm³/mol. The summed E-state index contributed by atoms with van der Waals surface area (Å²) in [6.07, 6.45) is -1.06. The number of fused-ring (bicyclic) bond motifs is 1. The van der Waals surface area contributed by atoms with Gasteiger partial charge in [-0.3, -0.25) is 0 Å². The van der Waals surface area contributed by atoms with Crippen LogP contribution in [0.4, 0.5) is 0 Å². The summed E-state index contributed by atoms with van der Waals surface area (Å²) < 4.78 is 11.6. The summed E-state index contributed by atoms with van der Waals surface area (Å²) in [4.78, 5) is 0. The summed E-state index contributed by atoms with van der Waals surface area (Å²) in [7, 11) is 0. The largest absolute Gasteiger partial charge is 0.489 e. The molecule has 1 N–H and O–H groups in total. The molecule has 0 saturated carbocycles. The molecule has 0 saturated heterocycles. The van der Waals surface area contributed by atoms with Gasteiger partial charge < -0.3 is 14.6 Å². The van der Waals surface area contributed by atoms with Crippen LogP contribution in [-0.2, 0) is 0 Å². The lowest BCUT2D eigenvalue weighted by Gasteiger charge is -2.30. The van der Waals surface area contributed by atoms with Gasteiger partial charge in [-0.2, -0.15) is 0 Å². The van der Waals surface area contributed by atoms with Crippen molar-refractivity contribution in [2.45, 2.75) is 32.0 Å². The normalized spacial score (nSPS) is 20.8. The van der Waals surface area contributed by atoms with Gasteiger partial charge in [-0.15, -0.1) is 0 Å². The highest BCUT2D eigenvalue weighted by Crippen LogP contribution is 2.34. The molecule has 3 heteroatoms. The Labute approximate surface area is 125 Å². The predicted octanol–water partition coefficient (Wildman–Crippen LogP) is 3.68. The van der Waals surface area contributed by atoms with Gasteiger partial charge in [-0.1, -0.05) is 44.2 Å². The van der Waals surface area contributed by atoms with Crippen LogP contribution in [0.5, 0.6) is 11.5 Å². The molecule has 3 nitrogen and oxygen atoms in total. The SMILES string of the molecule is CC(C)c1cccc(OC2COc3ccccc3C2O)c1. The third-order valence-electron chi connectivity index (χ3n) is 3.81. The zero-order chi connectivity index (χ0) is 14.8. The van der Waals surface area contributed by atoms with Gasteiger partial charge in [0.05, 0.1) is 0 Å². The fraction of sp³-hybridized carbons (Fsp3) is 0.333. The number of aliphatic hydroxyl groups excluding tert-OH is 1. The van der Waals surface area contributed by atoms with Crippen molar-refractivity contribution >= 4 is 0 Å². The van der Waals surface area contributed by atoms with E-state index in [2.05, 4.69) is 19.9 Å². The van der Waals surface area contributed by atoms with Crippen LogP contribution in [-0.4, -0.2) is 17.8 Å². The molecule has 0 bridgehead atoms. The van der Waals surface area contributed by atoms with Crippen LogP contribution in [0, 0.1) is 0 Å². The molecule has 3 rings (SSSR count). The molecule has 0 radical (unpaired) electrons. The number of hydrogen-bond acceptors (Lipinski definition) is 3. The summed E-state index contributed by atoms with van der Waals surface area (Å²) in [6, 6.07) is 15.5. The first-order chi connectivity index (χ1) is 10.1. The first kappa shape index (κ1) is 14.0. The van der Waals surface area contributed by atoms with Crippen molar-refractivity contribution in [3.63, 3.8) is 0 Å². The summed E-state index contributed by atoms with van der Waals surface area (Å²) in [5, 5.41) is 10.5. The second-order valence-electron chi connectivity index (χ2n) is 5.68. The van der Waals surface area contributed by atoms with Gasteiger partial charge in [0.1, 0.15) is 24.2 Å². The maximum absolute atomic E-state index is 10.5. The molecule has 2 unspecified atom stereocenters. The van der Waals surface area contributed by atoms with Crippen molar-refractivity contribution in [2.24, 2.45) is 0 Å². The number of hydrogen-bond donors (Lipinski definition) is 1. The molecule has 0 amide bonds. The average molecular weight is 284 g/mol. The van der Waals surface area contributed by atoms with Gasteiger partial charge in [-0.05, 0) is 29.7 Å². The topological polar surface area (TPSA) is 38.7 Å². The Morgan fingerprint density at radius 2 is 1.95 bits per heavy atom. The Bertz CT molecular complexity index is 621. The minimum absolute atomic E-state index is 0.351. The second-order valence-corrected chi connectivity index (χ2v) is 5.68. The molecule has 1 aliphatic rings. The molecule has 0 aliphatic carbocycles. The highest BCUT2D eigenvalue weighted by atomic mass is 16.5. The Balaban J connectivity index is 1.79. The van der Waals surface area contributed by atoms with Crippen LogP contribution in [0.15, 0.2) is 48.5 Å². The van der Waals surface area contributed by atoms with Crippen LogP contribution in [0.2, 0.25) is 0 Å². The van der Waals surface area contributed by atoms with E-state index >= 15 is 0 Å². The molecule has 0 aromatic heterocycles. The third kappa shape index (κ3) is 2.88. The van der Waals surface area contributed by atoms with Crippen molar-refractivity contribution < 1.29 is 14.6 Å². The fourth-order valence-electron chi connectivity index (χ4n) is 2.54. The molecule has 2 aromatic carbocycles. The van der Waals surface area contributed by atoms with E-state index in [1.54, 1.807) is 0 Å². The zero-order valence-corrected chi connectivity index (χ0v) is 12.3. The Morgan fingerprint density at radius 3 is 2.76 bits per heavy atom. The van der Waals surface area contributed by atoms with Gasteiger partial charge in [-0.25, -0.2) is 0 Å². The standard InChI is InChI=1S/C18H20O3/c1-12(2)13-6-5-7-14(10-13)21-17-11-20-16-9-4-3-8-15(16)18(17)19/h3-10,12,17-19H,11H2,1-2H3. The van der Waals surface area contributed by atoms with Crippen molar-refractivity contribution in [1.82, 2.24) is 0 Å². The van der Waals surface area contributed by atoms with Crippen molar-refractivity contribution in [3.05, 3.63) is 59.7 Å². The molecule has 21 heavy (non-hydrogen) atoms. The van der Waals surface area contributed by atoms with Crippen molar-refractivity contribution in [2.75, 3.05) is 6.61 Å². The van der Waals surface area contributed by atoms with Gasteiger partial charge >= 0.3 is 0 Å². The number of para-hydroxylation sites is 1. The molecular formula is C18H20O3. The van der Waals surface area contributed by atoms with Crippen molar-refractivity contribution in [1.29, 1.82) is 0 Å². The Kier molecular flexibility index (Phi) is 3.84. The first-order valence-electron chi connectivity index (χ1n) is 7.31. The molecule has 2 aromatic rings. The Morgan fingerprint density at radius 1 is 1.14 bits per heavy atom. The maximum atomic E-state index is 10.5. The van der Waals surface area contributed by atoms with E-state index in [1.165, 1.54) is 5.56 Å². The number of ether oxygens (including phenoxy) is 2. The minimum Gasteiger partial charge on any atom is -0.489 e. The lowest BCUT2D eigenvalue weighted by atomic mass is 10.0. The molecule has 1 aliphatic heterocycles. The van der Waals surface area contributed by atoms with Gasteiger partial charge in [0.15, 0.2) is 6.10 Å². The number of rotatable bonds is 3. The number of aliphatic hydroxyl groups is 1. The highest BCUT2D eigenvalue weighted by molar-refractivity contribution is 5.38. The summed E-state index contributed by atoms with van der Waals surface area (Å²) in [5.74, 6) is 1.95. The van der Waals surface area contributed by atoms with E-state index in [0.29, 0.717) is 12.5 Å². The molecule has 0 fully saturated rings. The lowest BCUT2D eigenvalue weighted by Crippen LogP contribution is -2.35. The third-order valence-corrected chi connectivity index (χ3v) is 3.81. The van der Waals surface area contributed by atoms with Gasteiger partial charge in [0.25, 0.3) is 0 Å². The van der Waals surface area contributed by atoms with E-state index in [1.807, 2.05) is 42.5 Å². The minimum atomic E-state index is -0.669. The van der Waals surface area contributed by atoms with Gasteiger partial charge in [0, 0.05) is 5.56 Å². The van der Waals surface area contributed by atoms with E-state index < -0.39 is 6.10 Å². The van der Waals surface area contributed by atoms with Crippen LogP contribution < -0.4 is 9.47 Å². The van der Waals surface area contributed by atoms with Crippen LogP contribution in [0.1, 0.15) is 37.0 Å². The van der Waals surface area contributed by atoms with Gasteiger partial charge in [0.2, 0.25) is 0 Å². The molecule has 2 atom stereocenters. The van der Waals surface area contributed by atoms with Crippen LogP contribution in [0.3, 0.4) is 0 Å². The lowest BCUT2D eigenvalue weighted by molar-refractivity contribution is -0.0103. The quantitative estimate of drug-likeness (QED) is 0.934. The molecule has 110 valence electrons. The highest BCUT2D eigenvalue weighted by Gasteiger charge is 2.30. The zero-order valence-electron chi connectivity index (χ0n) is 12.3. The van der Waals surface area contributed by atoms with Crippen LogP contribution in [0.25, 0.3) is 0 Å². The molecule has 1 heterocycles. The number of benzene rings is 2. The monoisotopic (exact) mass is 284 g/mol. The van der Waals surface area contributed by atoms with Crippen LogP contribution >= 0.6 is 0 Å². The summed E-state index contributed by atoms with van der Waals surface area (Å²) in [5.41, 5.74) is 2.01. The molecular weight excluding hydrogens is 264 g/mol. The Hall–Kier alpha value is -2.00. The average Bonchev–Trinajstić information content (AvgIpc) is 2.51.